The third-order valence-corrected chi connectivity index (χ3v) is 5.24. The van der Waals surface area contributed by atoms with Crippen molar-refractivity contribution in [3.63, 3.8) is 0 Å². The number of hydrogen-bond donors (Lipinski definition) is 0. The lowest BCUT2D eigenvalue weighted by atomic mass is 9.86. The highest BCUT2D eigenvalue weighted by molar-refractivity contribution is 5.68. The molecule has 1 saturated carbocycles. The van der Waals surface area contributed by atoms with E-state index in [2.05, 4.69) is 42.7 Å². The minimum Gasteiger partial charge on any atom is -0.315 e. The van der Waals surface area contributed by atoms with Gasteiger partial charge in [0.15, 0.2) is 0 Å². The molecule has 3 rings (SSSR count). The van der Waals surface area contributed by atoms with Gasteiger partial charge < -0.3 is 4.90 Å². The molecule has 2 aromatic rings. The summed E-state index contributed by atoms with van der Waals surface area (Å²) in [5.74, 6) is 0.604. The van der Waals surface area contributed by atoms with E-state index in [-0.39, 0.29) is 5.82 Å². The summed E-state index contributed by atoms with van der Waals surface area (Å²) in [5, 5.41) is 0. The SMILES string of the molecule is C=C(CCC1CCCCC1)N(c1ccc(C)cc1)c1cccc(F)c1. The maximum atomic E-state index is 13.8. The first-order chi connectivity index (χ1) is 12.1. The largest absolute Gasteiger partial charge is 0.315 e. The lowest BCUT2D eigenvalue weighted by Crippen LogP contribution is -2.17. The van der Waals surface area contributed by atoms with Crippen molar-refractivity contribution in [2.75, 3.05) is 4.90 Å². The van der Waals surface area contributed by atoms with Gasteiger partial charge in [-0.3, -0.25) is 0 Å². The van der Waals surface area contributed by atoms with Crippen molar-refractivity contribution in [1.29, 1.82) is 0 Å². The van der Waals surface area contributed by atoms with Crippen LogP contribution >= 0.6 is 0 Å². The summed E-state index contributed by atoms with van der Waals surface area (Å²) in [7, 11) is 0. The Morgan fingerprint density at radius 3 is 2.44 bits per heavy atom. The van der Waals surface area contributed by atoms with Crippen LogP contribution in [-0.2, 0) is 0 Å². The number of nitrogens with zero attached hydrogens (tertiary/aromatic N) is 1. The van der Waals surface area contributed by atoms with Crippen LogP contribution in [0.1, 0.15) is 50.5 Å². The summed E-state index contributed by atoms with van der Waals surface area (Å²) in [6.07, 6.45) is 8.93. The van der Waals surface area contributed by atoms with Crippen molar-refractivity contribution in [2.24, 2.45) is 5.92 Å². The van der Waals surface area contributed by atoms with Crippen molar-refractivity contribution in [3.8, 4) is 0 Å². The smallest absolute Gasteiger partial charge is 0.125 e. The zero-order chi connectivity index (χ0) is 17.6. The number of rotatable bonds is 6. The predicted octanol–water partition coefficient (Wildman–Crippen LogP) is 7.15. The average molecular weight is 337 g/mol. The van der Waals surface area contributed by atoms with Crippen LogP contribution in [0.15, 0.2) is 60.8 Å². The molecule has 0 unspecified atom stereocenters. The molecule has 0 spiro atoms. The van der Waals surface area contributed by atoms with Crippen molar-refractivity contribution in [1.82, 2.24) is 0 Å². The summed E-state index contributed by atoms with van der Waals surface area (Å²) in [6, 6.07) is 15.2. The van der Waals surface area contributed by atoms with E-state index in [1.807, 2.05) is 6.07 Å². The van der Waals surface area contributed by atoms with Gasteiger partial charge in [-0.1, -0.05) is 62.4 Å². The molecule has 1 nitrogen and oxygen atoms in total. The molecular formula is C23H28FN. The summed E-state index contributed by atoms with van der Waals surface area (Å²) in [4.78, 5) is 2.10. The van der Waals surface area contributed by atoms with Gasteiger partial charge in [-0.2, -0.15) is 0 Å². The lowest BCUT2D eigenvalue weighted by molar-refractivity contribution is 0.339. The highest BCUT2D eigenvalue weighted by atomic mass is 19.1. The maximum Gasteiger partial charge on any atom is 0.125 e. The molecule has 1 fully saturated rings. The predicted molar refractivity (Wildman–Crippen MR) is 105 cm³/mol. The zero-order valence-electron chi connectivity index (χ0n) is 15.2. The first kappa shape index (κ1) is 17.7. The van der Waals surface area contributed by atoms with E-state index in [1.54, 1.807) is 12.1 Å². The molecule has 0 atom stereocenters. The second-order valence-electron chi connectivity index (χ2n) is 7.26. The Hall–Kier alpha value is -2.09. The molecule has 0 radical (unpaired) electrons. The molecule has 25 heavy (non-hydrogen) atoms. The highest BCUT2D eigenvalue weighted by Gasteiger charge is 2.17. The standard InChI is InChI=1S/C23H28FN/c1-18-11-15-22(16-12-18)25(23-10-6-9-21(24)17-23)19(2)13-14-20-7-4-3-5-8-20/h6,9-12,15-17,20H,2-5,7-8,13-14H2,1H3. The Kier molecular flexibility index (Phi) is 5.91. The van der Waals surface area contributed by atoms with Gasteiger partial charge >= 0.3 is 0 Å². The molecule has 2 aromatic carbocycles. The maximum absolute atomic E-state index is 13.8. The Labute approximate surface area is 151 Å². The van der Waals surface area contributed by atoms with Gasteiger partial charge in [0.2, 0.25) is 0 Å². The van der Waals surface area contributed by atoms with Crippen molar-refractivity contribution in [3.05, 3.63) is 72.2 Å². The molecule has 0 heterocycles. The highest BCUT2D eigenvalue weighted by Crippen LogP contribution is 2.34. The number of anilines is 2. The molecule has 0 N–H and O–H groups in total. The number of benzene rings is 2. The second-order valence-corrected chi connectivity index (χ2v) is 7.26. The molecule has 0 saturated heterocycles. The van der Waals surface area contributed by atoms with Gasteiger partial charge in [0.1, 0.15) is 5.82 Å². The molecule has 132 valence electrons. The first-order valence-corrected chi connectivity index (χ1v) is 9.43. The van der Waals surface area contributed by atoms with Crippen molar-refractivity contribution < 1.29 is 4.39 Å². The Morgan fingerprint density at radius 1 is 1.04 bits per heavy atom. The lowest BCUT2D eigenvalue weighted by Gasteiger charge is -2.29. The third-order valence-electron chi connectivity index (χ3n) is 5.24. The van der Waals surface area contributed by atoms with Crippen LogP contribution in [0.4, 0.5) is 15.8 Å². The molecule has 0 bridgehead atoms. The second kappa shape index (κ2) is 8.33. The van der Waals surface area contributed by atoms with E-state index in [1.165, 1.54) is 50.2 Å². The van der Waals surface area contributed by atoms with Crippen LogP contribution in [-0.4, -0.2) is 0 Å². The van der Waals surface area contributed by atoms with E-state index in [4.69, 9.17) is 0 Å². The summed E-state index contributed by atoms with van der Waals surface area (Å²) in [6.45, 7) is 6.43. The van der Waals surface area contributed by atoms with Gasteiger partial charge in [0.25, 0.3) is 0 Å². The number of halogens is 1. The minimum absolute atomic E-state index is 0.213. The Morgan fingerprint density at radius 2 is 1.76 bits per heavy atom. The first-order valence-electron chi connectivity index (χ1n) is 9.43. The van der Waals surface area contributed by atoms with Crippen LogP contribution in [0, 0.1) is 18.7 Å². The number of allylic oxidation sites excluding steroid dienone is 1. The number of aryl methyl sites for hydroxylation is 1. The minimum atomic E-state index is -0.213. The van der Waals surface area contributed by atoms with E-state index in [0.29, 0.717) is 0 Å². The topological polar surface area (TPSA) is 3.24 Å². The van der Waals surface area contributed by atoms with E-state index in [0.717, 1.165) is 29.4 Å². The molecule has 1 aliphatic carbocycles. The van der Waals surface area contributed by atoms with Gasteiger partial charge in [-0.05, 0) is 56.0 Å². The Balaban J connectivity index is 1.80. The molecular weight excluding hydrogens is 309 g/mol. The monoisotopic (exact) mass is 337 g/mol. The van der Waals surface area contributed by atoms with Crippen LogP contribution in [0.3, 0.4) is 0 Å². The fraction of sp³-hybridized carbons (Fsp3) is 0.391. The normalized spacial score (nSPS) is 15.1. The van der Waals surface area contributed by atoms with E-state index >= 15 is 0 Å². The molecule has 0 amide bonds. The van der Waals surface area contributed by atoms with Gasteiger partial charge in [-0.15, -0.1) is 0 Å². The summed E-state index contributed by atoms with van der Waals surface area (Å²) in [5.41, 5.74) is 4.15. The van der Waals surface area contributed by atoms with Gasteiger partial charge in [0.05, 0.1) is 0 Å². The van der Waals surface area contributed by atoms with Crippen LogP contribution in [0.5, 0.6) is 0 Å². The third kappa shape index (κ3) is 4.72. The van der Waals surface area contributed by atoms with E-state index < -0.39 is 0 Å². The van der Waals surface area contributed by atoms with Gasteiger partial charge in [0, 0.05) is 17.1 Å². The van der Waals surface area contributed by atoms with Crippen molar-refractivity contribution in [2.45, 2.75) is 51.9 Å². The molecule has 0 aromatic heterocycles. The van der Waals surface area contributed by atoms with Gasteiger partial charge in [-0.25, -0.2) is 4.39 Å². The fourth-order valence-corrected chi connectivity index (χ4v) is 3.78. The zero-order valence-corrected chi connectivity index (χ0v) is 15.2. The molecule has 1 aliphatic rings. The summed E-state index contributed by atoms with van der Waals surface area (Å²) >= 11 is 0. The van der Waals surface area contributed by atoms with Crippen LogP contribution in [0.25, 0.3) is 0 Å². The van der Waals surface area contributed by atoms with E-state index in [9.17, 15) is 4.39 Å². The Bertz CT molecular complexity index is 698. The number of hydrogen-bond acceptors (Lipinski definition) is 1. The molecule has 0 aliphatic heterocycles. The van der Waals surface area contributed by atoms with Crippen molar-refractivity contribution >= 4 is 11.4 Å². The van der Waals surface area contributed by atoms with Crippen LogP contribution in [0.2, 0.25) is 0 Å². The summed E-state index contributed by atoms with van der Waals surface area (Å²) < 4.78 is 13.8. The quantitative estimate of drug-likeness (QED) is 0.541. The fourth-order valence-electron chi connectivity index (χ4n) is 3.78. The molecule has 2 heteroatoms. The van der Waals surface area contributed by atoms with Crippen LogP contribution < -0.4 is 4.90 Å². The average Bonchev–Trinajstić information content (AvgIpc) is 2.63.